The van der Waals surface area contributed by atoms with Crippen molar-refractivity contribution in [2.45, 2.75) is 26.7 Å². The van der Waals surface area contributed by atoms with Crippen LogP contribution in [0.1, 0.15) is 25.6 Å². The van der Waals surface area contributed by atoms with Crippen LogP contribution in [0.2, 0.25) is 0 Å². The van der Waals surface area contributed by atoms with Crippen LogP contribution in [0.3, 0.4) is 0 Å². The minimum Gasteiger partial charge on any atom is -0.319 e. The summed E-state index contributed by atoms with van der Waals surface area (Å²) < 4.78 is 1.97. The molecule has 0 radical (unpaired) electrons. The Labute approximate surface area is 103 Å². The summed E-state index contributed by atoms with van der Waals surface area (Å²) in [7, 11) is 3.87. The van der Waals surface area contributed by atoms with Crippen molar-refractivity contribution in [1.82, 2.24) is 9.97 Å². The number of hydrogen-bond acceptors (Lipinski definition) is 4. The molecule has 1 fully saturated rings. The van der Waals surface area contributed by atoms with Crippen LogP contribution in [0.4, 0.5) is 11.9 Å². The van der Waals surface area contributed by atoms with E-state index < -0.39 is 0 Å². The molecule has 94 valence electrons. The largest absolute Gasteiger partial charge is 0.351 e. The van der Waals surface area contributed by atoms with Crippen molar-refractivity contribution in [3.8, 4) is 0 Å². The molecule has 5 nitrogen and oxygen atoms in total. The number of anilines is 2. The maximum absolute atomic E-state index is 4.58. The van der Waals surface area contributed by atoms with Gasteiger partial charge in [0, 0.05) is 27.1 Å². The zero-order chi connectivity index (χ0) is 12.4. The number of piperidine rings is 1. The second kappa shape index (κ2) is 4.85. The number of hydrogen-bond donors (Lipinski definition) is 1. The standard InChI is InChI=1S/C12H21N5/c1-9-6-5-7-17(8-9)12-14-10(2)16(4)11(13-3)15-12/h9H,5-8H2,1-4H3/p+1. The third-order valence-electron chi connectivity index (χ3n) is 3.43. The average Bonchev–Trinajstić information content (AvgIpc) is 2.32. The van der Waals surface area contributed by atoms with Crippen LogP contribution < -0.4 is 14.8 Å². The van der Waals surface area contributed by atoms with E-state index in [-0.39, 0.29) is 0 Å². The number of nitrogens with zero attached hydrogens (tertiary/aromatic N) is 4. The Morgan fingerprint density at radius 2 is 2.18 bits per heavy atom. The summed E-state index contributed by atoms with van der Waals surface area (Å²) in [5, 5.41) is 3.11. The van der Waals surface area contributed by atoms with Crippen LogP contribution in [0.15, 0.2) is 0 Å². The van der Waals surface area contributed by atoms with E-state index in [1.54, 1.807) is 0 Å². The fourth-order valence-corrected chi connectivity index (χ4v) is 2.30. The third-order valence-corrected chi connectivity index (χ3v) is 3.43. The molecule has 0 spiro atoms. The summed E-state index contributed by atoms with van der Waals surface area (Å²) in [6.07, 6.45) is 2.55. The van der Waals surface area contributed by atoms with Gasteiger partial charge >= 0.3 is 11.9 Å². The smallest absolute Gasteiger partial charge is 0.319 e. The Bertz CT molecular complexity index is 404. The van der Waals surface area contributed by atoms with E-state index in [1.807, 2.05) is 25.6 Å². The highest BCUT2D eigenvalue weighted by Gasteiger charge is 2.24. The zero-order valence-corrected chi connectivity index (χ0v) is 11.2. The molecule has 2 heterocycles. The van der Waals surface area contributed by atoms with Gasteiger partial charge in [0.25, 0.3) is 0 Å². The van der Waals surface area contributed by atoms with Crippen LogP contribution >= 0.6 is 0 Å². The van der Waals surface area contributed by atoms with Gasteiger partial charge in [0.15, 0.2) is 0 Å². The van der Waals surface area contributed by atoms with Crippen LogP contribution in [0.25, 0.3) is 0 Å². The van der Waals surface area contributed by atoms with Crippen molar-refractivity contribution in [3.05, 3.63) is 5.82 Å². The number of rotatable bonds is 2. The fraction of sp³-hybridized carbons (Fsp3) is 0.750. The van der Waals surface area contributed by atoms with Crippen molar-refractivity contribution in [1.29, 1.82) is 0 Å². The number of nitrogens with one attached hydrogen (secondary N) is 1. The van der Waals surface area contributed by atoms with Crippen LogP contribution in [0, 0.1) is 12.8 Å². The van der Waals surface area contributed by atoms with Crippen molar-refractivity contribution >= 4 is 11.9 Å². The molecule has 1 aliphatic rings. The monoisotopic (exact) mass is 236 g/mol. The van der Waals surface area contributed by atoms with Gasteiger partial charge in [-0.15, -0.1) is 0 Å². The molecule has 1 aromatic rings. The predicted octanol–water partition coefficient (Wildman–Crippen LogP) is 0.888. The molecule has 0 aromatic carbocycles. The Hall–Kier alpha value is -1.39. The minimum atomic E-state index is 0.736. The van der Waals surface area contributed by atoms with Crippen molar-refractivity contribution in [3.63, 3.8) is 0 Å². The molecule has 2 rings (SSSR count). The molecule has 1 aliphatic heterocycles. The lowest BCUT2D eigenvalue weighted by atomic mass is 10.0. The Morgan fingerprint density at radius 1 is 1.41 bits per heavy atom. The van der Waals surface area contributed by atoms with E-state index in [9.17, 15) is 0 Å². The Balaban J connectivity index is 2.29. The fourth-order valence-electron chi connectivity index (χ4n) is 2.30. The van der Waals surface area contributed by atoms with E-state index in [4.69, 9.17) is 0 Å². The summed E-state index contributed by atoms with van der Waals surface area (Å²) in [5.41, 5.74) is 0. The molecule has 5 heteroatoms. The maximum Gasteiger partial charge on any atom is 0.351 e. The van der Waals surface area contributed by atoms with Crippen LogP contribution in [-0.4, -0.2) is 30.1 Å². The molecular weight excluding hydrogens is 214 g/mol. The molecule has 17 heavy (non-hydrogen) atoms. The SMILES string of the molecule is CNc1nc(N2CCCC(C)C2)nc(C)[n+]1C. The summed E-state index contributed by atoms with van der Waals surface area (Å²) >= 11 is 0. The Kier molecular flexibility index (Phi) is 3.45. The van der Waals surface area contributed by atoms with Gasteiger partial charge in [-0.25, -0.2) is 4.57 Å². The van der Waals surface area contributed by atoms with Gasteiger partial charge in [-0.05, 0) is 18.8 Å². The molecule has 1 unspecified atom stereocenters. The van der Waals surface area contributed by atoms with Gasteiger partial charge in [0.05, 0.1) is 7.05 Å². The first kappa shape index (κ1) is 12.1. The van der Waals surface area contributed by atoms with Gasteiger partial charge in [-0.3, -0.25) is 5.32 Å². The number of aryl methyl sites for hydroxylation is 1. The second-order valence-electron chi connectivity index (χ2n) is 4.90. The van der Waals surface area contributed by atoms with E-state index >= 15 is 0 Å². The van der Waals surface area contributed by atoms with Gasteiger partial charge in [-0.1, -0.05) is 16.9 Å². The molecule has 0 amide bonds. The predicted molar refractivity (Wildman–Crippen MR) is 68.1 cm³/mol. The molecule has 0 aliphatic carbocycles. The first-order valence-electron chi connectivity index (χ1n) is 6.29. The number of aromatic nitrogens is 3. The molecule has 1 aromatic heterocycles. The van der Waals surface area contributed by atoms with Gasteiger partial charge < -0.3 is 4.90 Å². The zero-order valence-electron chi connectivity index (χ0n) is 11.2. The normalized spacial score (nSPS) is 20.5. The topological polar surface area (TPSA) is 44.9 Å². The second-order valence-corrected chi connectivity index (χ2v) is 4.90. The summed E-state index contributed by atoms with van der Waals surface area (Å²) in [5.74, 6) is 3.44. The molecule has 0 saturated carbocycles. The minimum absolute atomic E-state index is 0.736. The lowest BCUT2D eigenvalue weighted by Gasteiger charge is -2.29. The first-order chi connectivity index (χ1) is 8.11. The van der Waals surface area contributed by atoms with Crippen LogP contribution in [0.5, 0.6) is 0 Å². The molecule has 1 saturated heterocycles. The Morgan fingerprint density at radius 3 is 2.82 bits per heavy atom. The highest BCUT2D eigenvalue weighted by Crippen LogP contribution is 2.19. The van der Waals surface area contributed by atoms with E-state index in [1.165, 1.54) is 12.8 Å². The highest BCUT2D eigenvalue weighted by atomic mass is 15.3. The van der Waals surface area contributed by atoms with E-state index in [2.05, 4.69) is 27.1 Å². The van der Waals surface area contributed by atoms with Gasteiger partial charge in [-0.2, -0.15) is 0 Å². The van der Waals surface area contributed by atoms with Crippen LogP contribution in [-0.2, 0) is 7.05 Å². The summed E-state index contributed by atoms with van der Waals surface area (Å²) in [6, 6.07) is 0. The van der Waals surface area contributed by atoms with Gasteiger partial charge in [0.2, 0.25) is 5.82 Å². The highest BCUT2D eigenvalue weighted by molar-refractivity contribution is 5.34. The molecule has 1 atom stereocenters. The lowest BCUT2D eigenvalue weighted by Crippen LogP contribution is -2.41. The molecular formula is C12H22N5+. The third kappa shape index (κ3) is 2.48. The van der Waals surface area contributed by atoms with E-state index in [0.29, 0.717) is 0 Å². The lowest BCUT2D eigenvalue weighted by molar-refractivity contribution is -0.669. The average molecular weight is 236 g/mol. The maximum atomic E-state index is 4.58. The summed E-state index contributed by atoms with van der Waals surface area (Å²) in [6.45, 7) is 6.44. The quantitative estimate of drug-likeness (QED) is 0.775. The van der Waals surface area contributed by atoms with Crippen molar-refractivity contribution in [2.75, 3.05) is 30.4 Å². The molecule has 0 bridgehead atoms. The molecule has 1 N–H and O–H groups in total. The van der Waals surface area contributed by atoms with Crippen molar-refractivity contribution in [2.24, 2.45) is 13.0 Å². The summed E-state index contributed by atoms with van der Waals surface area (Å²) in [4.78, 5) is 11.4. The first-order valence-corrected chi connectivity index (χ1v) is 6.29. The van der Waals surface area contributed by atoms with Gasteiger partial charge in [0.1, 0.15) is 0 Å². The van der Waals surface area contributed by atoms with Crippen molar-refractivity contribution < 1.29 is 4.57 Å². The van der Waals surface area contributed by atoms with E-state index in [0.717, 1.165) is 36.7 Å².